The van der Waals surface area contributed by atoms with Crippen LogP contribution in [0.3, 0.4) is 0 Å². The number of carbonyl (C=O) groups excluding carboxylic acids is 1. The molecule has 0 aromatic heterocycles. The van der Waals surface area contributed by atoms with Crippen LogP contribution in [0.15, 0.2) is 4.99 Å². The molecule has 0 saturated heterocycles. The molecule has 5 nitrogen and oxygen atoms in total. The average molecular weight is 173 g/mol. The molecule has 0 aliphatic heterocycles. The fourth-order valence-electron chi connectivity index (χ4n) is 0.485. The summed E-state index contributed by atoms with van der Waals surface area (Å²) in [6.45, 7) is 1.53. The van der Waals surface area contributed by atoms with Crippen molar-refractivity contribution in [2.75, 3.05) is 13.7 Å². The van der Waals surface area contributed by atoms with Crippen molar-refractivity contribution in [1.82, 2.24) is 0 Å². The minimum Gasteiger partial charge on any atom is -0.477 e. The number of aliphatic imine (C=N–C) groups is 1. The Balaban J connectivity index is 3.75. The minimum atomic E-state index is -1.07. The molecule has 0 aliphatic carbocycles. The molecule has 0 unspecified atom stereocenters. The molecule has 68 valence electrons. The standard InChI is InChI=1S/C7H11NO4/c1-5(7(10)11)8-4-3-6(9)12-2/h3-4H2,1-2H3,(H,10,11). The monoisotopic (exact) mass is 173 g/mol. The van der Waals surface area contributed by atoms with Crippen LogP contribution in [-0.2, 0) is 14.3 Å². The summed E-state index contributed by atoms with van der Waals surface area (Å²) in [5.41, 5.74) is -0.00102. The van der Waals surface area contributed by atoms with Crippen LogP contribution in [0.25, 0.3) is 0 Å². The summed E-state index contributed by atoms with van der Waals surface area (Å²) in [5.74, 6) is -1.46. The topological polar surface area (TPSA) is 76.0 Å². The highest BCUT2D eigenvalue weighted by molar-refractivity contribution is 6.34. The molecule has 0 atom stereocenters. The molecule has 0 spiro atoms. The number of esters is 1. The highest BCUT2D eigenvalue weighted by Gasteiger charge is 2.02. The minimum absolute atomic E-state index is 0.00102. The molecule has 5 heteroatoms. The van der Waals surface area contributed by atoms with Gasteiger partial charge in [-0.1, -0.05) is 0 Å². The molecule has 0 aromatic carbocycles. The first-order chi connectivity index (χ1) is 5.57. The van der Waals surface area contributed by atoms with Crippen molar-refractivity contribution in [2.45, 2.75) is 13.3 Å². The molecule has 0 aromatic rings. The number of carboxylic acid groups (broad SMARTS) is 1. The number of aliphatic carboxylic acids is 1. The number of ether oxygens (including phenoxy) is 1. The second kappa shape index (κ2) is 5.29. The molecule has 12 heavy (non-hydrogen) atoms. The van der Waals surface area contributed by atoms with Crippen LogP contribution in [-0.4, -0.2) is 36.4 Å². The van der Waals surface area contributed by atoms with Crippen molar-refractivity contribution in [1.29, 1.82) is 0 Å². The van der Waals surface area contributed by atoms with E-state index in [1.54, 1.807) is 0 Å². The molecule has 0 heterocycles. The van der Waals surface area contributed by atoms with E-state index in [4.69, 9.17) is 5.11 Å². The number of hydrogen-bond acceptors (Lipinski definition) is 4. The molecule has 0 amide bonds. The second-order valence-corrected chi connectivity index (χ2v) is 2.10. The zero-order chi connectivity index (χ0) is 9.56. The number of methoxy groups -OCH3 is 1. The fraction of sp³-hybridized carbons (Fsp3) is 0.571. The number of rotatable bonds is 4. The van der Waals surface area contributed by atoms with Crippen molar-refractivity contribution < 1.29 is 19.4 Å². The third-order valence-electron chi connectivity index (χ3n) is 1.20. The first-order valence-corrected chi connectivity index (χ1v) is 3.39. The summed E-state index contributed by atoms with van der Waals surface area (Å²) in [7, 11) is 1.27. The lowest BCUT2D eigenvalue weighted by molar-refractivity contribution is -0.140. The molecule has 0 bridgehead atoms. The van der Waals surface area contributed by atoms with Crippen LogP contribution < -0.4 is 0 Å². The summed E-state index contributed by atoms with van der Waals surface area (Å²) in [6, 6.07) is 0. The maximum absolute atomic E-state index is 10.5. The Bertz CT molecular complexity index is 209. The van der Waals surface area contributed by atoms with E-state index >= 15 is 0 Å². The van der Waals surface area contributed by atoms with Crippen LogP contribution >= 0.6 is 0 Å². The van der Waals surface area contributed by atoms with Crippen molar-refractivity contribution in [3.05, 3.63) is 0 Å². The van der Waals surface area contributed by atoms with Gasteiger partial charge in [-0.25, -0.2) is 4.79 Å². The number of hydrogen-bond donors (Lipinski definition) is 1. The highest BCUT2D eigenvalue weighted by Crippen LogP contribution is 1.86. The van der Waals surface area contributed by atoms with Gasteiger partial charge in [-0.15, -0.1) is 0 Å². The van der Waals surface area contributed by atoms with Crippen LogP contribution in [0.4, 0.5) is 0 Å². The molecule has 0 rings (SSSR count). The van der Waals surface area contributed by atoms with E-state index in [0.717, 1.165) is 0 Å². The van der Waals surface area contributed by atoms with E-state index in [1.807, 2.05) is 0 Å². The predicted octanol–water partition coefficient (Wildman–Crippen LogP) is 0.0950. The smallest absolute Gasteiger partial charge is 0.349 e. The zero-order valence-electron chi connectivity index (χ0n) is 7.03. The van der Waals surface area contributed by atoms with E-state index < -0.39 is 11.9 Å². The van der Waals surface area contributed by atoms with E-state index in [1.165, 1.54) is 14.0 Å². The Morgan fingerprint density at radius 1 is 1.50 bits per heavy atom. The lowest BCUT2D eigenvalue weighted by atomic mass is 10.4. The Labute approximate surface area is 70.1 Å². The largest absolute Gasteiger partial charge is 0.477 e. The van der Waals surface area contributed by atoms with E-state index in [-0.39, 0.29) is 18.7 Å². The summed E-state index contributed by atoms with van der Waals surface area (Å²) >= 11 is 0. The highest BCUT2D eigenvalue weighted by atomic mass is 16.5. The maximum Gasteiger partial charge on any atom is 0.349 e. The lowest BCUT2D eigenvalue weighted by Gasteiger charge is -1.95. The molecule has 0 fully saturated rings. The van der Waals surface area contributed by atoms with Crippen molar-refractivity contribution >= 4 is 17.7 Å². The Morgan fingerprint density at radius 3 is 2.50 bits per heavy atom. The summed E-state index contributed by atoms with van der Waals surface area (Å²) < 4.78 is 4.34. The van der Waals surface area contributed by atoms with Crippen LogP contribution in [0.1, 0.15) is 13.3 Å². The first-order valence-electron chi connectivity index (χ1n) is 3.39. The van der Waals surface area contributed by atoms with Crippen molar-refractivity contribution in [3.63, 3.8) is 0 Å². The number of carbonyl (C=O) groups is 2. The Kier molecular flexibility index (Phi) is 4.67. The number of carboxylic acids is 1. The first kappa shape index (κ1) is 10.6. The summed E-state index contributed by atoms with van der Waals surface area (Å²) in [5, 5.41) is 8.36. The van der Waals surface area contributed by atoms with Crippen LogP contribution in [0, 0.1) is 0 Å². The summed E-state index contributed by atoms with van der Waals surface area (Å²) in [4.78, 5) is 24.3. The van der Waals surface area contributed by atoms with E-state index in [0.29, 0.717) is 0 Å². The van der Waals surface area contributed by atoms with Gasteiger partial charge in [0.05, 0.1) is 20.1 Å². The maximum atomic E-state index is 10.5. The fourth-order valence-corrected chi connectivity index (χ4v) is 0.485. The van der Waals surface area contributed by atoms with Crippen molar-refractivity contribution in [3.8, 4) is 0 Å². The van der Waals surface area contributed by atoms with Gasteiger partial charge < -0.3 is 9.84 Å². The molecule has 0 aliphatic rings. The third-order valence-corrected chi connectivity index (χ3v) is 1.20. The SMILES string of the molecule is COC(=O)CCN=C(C)C(=O)O. The van der Waals surface area contributed by atoms with Gasteiger partial charge in [0.25, 0.3) is 0 Å². The number of nitrogens with zero attached hydrogens (tertiary/aromatic N) is 1. The van der Waals surface area contributed by atoms with Gasteiger partial charge in [0.1, 0.15) is 5.71 Å². The quantitative estimate of drug-likeness (QED) is 0.483. The van der Waals surface area contributed by atoms with Gasteiger partial charge in [0.2, 0.25) is 0 Å². The second-order valence-electron chi connectivity index (χ2n) is 2.10. The predicted molar refractivity (Wildman–Crippen MR) is 42.2 cm³/mol. The molecular formula is C7H11NO4. The van der Waals surface area contributed by atoms with Gasteiger partial charge >= 0.3 is 11.9 Å². The molecule has 0 radical (unpaired) electrons. The van der Waals surface area contributed by atoms with Gasteiger partial charge in [0, 0.05) is 0 Å². The molecule has 1 N–H and O–H groups in total. The van der Waals surface area contributed by atoms with E-state index in [2.05, 4.69) is 9.73 Å². The van der Waals surface area contributed by atoms with Crippen LogP contribution in [0.2, 0.25) is 0 Å². The van der Waals surface area contributed by atoms with Gasteiger partial charge in [-0.2, -0.15) is 0 Å². The normalized spacial score (nSPS) is 11.0. The third kappa shape index (κ3) is 4.43. The Hall–Kier alpha value is -1.39. The van der Waals surface area contributed by atoms with E-state index in [9.17, 15) is 9.59 Å². The molecule has 0 saturated carbocycles. The van der Waals surface area contributed by atoms with Gasteiger partial charge in [-0.05, 0) is 6.92 Å². The van der Waals surface area contributed by atoms with Gasteiger partial charge in [0.15, 0.2) is 0 Å². The Morgan fingerprint density at radius 2 is 2.08 bits per heavy atom. The van der Waals surface area contributed by atoms with Gasteiger partial charge in [-0.3, -0.25) is 9.79 Å². The average Bonchev–Trinajstić information content (AvgIpc) is 2.03. The van der Waals surface area contributed by atoms with Crippen LogP contribution in [0.5, 0.6) is 0 Å². The summed E-state index contributed by atoms with van der Waals surface area (Å²) in [6.07, 6.45) is 0.112. The molecular weight excluding hydrogens is 162 g/mol. The van der Waals surface area contributed by atoms with Crippen molar-refractivity contribution in [2.24, 2.45) is 4.99 Å². The zero-order valence-corrected chi connectivity index (χ0v) is 7.03. The lowest BCUT2D eigenvalue weighted by Crippen LogP contribution is -2.10.